The van der Waals surface area contributed by atoms with Gasteiger partial charge in [-0.25, -0.2) is 0 Å². The van der Waals surface area contributed by atoms with Crippen LogP contribution in [0.15, 0.2) is 18.2 Å². The van der Waals surface area contributed by atoms with Crippen LogP contribution in [0.3, 0.4) is 0 Å². The van der Waals surface area contributed by atoms with Crippen molar-refractivity contribution in [3.8, 4) is 11.5 Å². The molecule has 2 aliphatic heterocycles. The highest BCUT2D eigenvalue weighted by Crippen LogP contribution is 2.30. The van der Waals surface area contributed by atoms with Gasteiger partial charge in [0.1, 0.15) is 13.2 Å². The van der Waals surface area contributed by atoms with Crippen LogP contribution in [0.4, 0.5) is 0 Å². The summed E-state index contributed by atoms with van der Waals surface area (Å²) >= 11 is 0. The fraction of sp³-hybridized carbons (Fsp3) is 0.571. The summed E-state index contributed by atoms with van der Waals surface area (Å²) in [5.41, 5.74) is 1.24. The molecule has 0 atom stereocenters. The minimum atomic E-state index is 0.576. The van der Waals surface area contributed by atoms with Crippen LogP contribution in [-0.4, -0.2) is 32.5 Å². The topological polar surface area (TPSA) is 39.7 Å². The number of rotatable bonds is 3. The van der Waals surface area contributed by atoms with Crippen molar-refractivity contribution in [1.29, 1.82) is 0 Å². The number of nitrogens with one attached hydrogen (secondary N) is 1. The van der Waals surface area contributed by atoms with Crippen molar-refractivity contribution in [3.63, 3.8) is 0 Å². The largest absolute Gasteiger partial charge is 0.486 e. The smallest absolute Gasteiger partial charge is 0.161 e. The summed E-state index contributed by atoms with van der Waals surface area (Å²) in [5, 5.41) is 3.57. The molecular formula is C14H19NO3. The van der Waals surface area contributed by atoms with Gasteiger partial charge in [-0.2, -0.15) is 0 Å². The standard InChI is InChI=1S/C14H19NO3/c1-2-13-14(18-8-7-17-13)9-11(1)10-15-12-3-5-16-6-4-12/h1-2,9,12,15H,3-8,10H2. The van der Waals surface area contributed by atoms with E-state index in [4.69, 9.17) is 14.2 Å². The quantitative estimate of drug-likeness (QED) is 0.885. The number of benzene rings is 1. The monoisotopic (exact) mass is 249 g/mol. The Balaban J connectivity index is 1.58. The van der Waals surface area contributed by atoms with Gasteiger partial charge in [-0.05, 0) is 30.5 Å². The molecule has 0 saturated carbocycles. The lowest BCUT2D eigenvalue weighted by Gasteiger charge is -2.24. The maximum atomic E-state index is 5.58. The van der Waals surface area contributed by atoms with Gasteiger partial charge in [0.15, 0.2) is 11.5 Å². The van der Waals surface area contributed by atoms with E-state index >= 15 is 0 Å². The van der Waals surface area contributed by atoms with E-state index in [1.165, 1.54) is 5.56 Å². The predicted molar refractivity (Wildman–Crippen MR) is 68.1 cm³/mol. The predicted octanol–water partition coefficient (Wildman–Crippen LogP) is 1.73. The van der Waals surface area contributed by atoms with Crippen LogP contribution < -0.4 is 14.8 Å². The third kappa shape index (κ3) is 2.76. The molecule has 0 aromatic heterocycles. The Morgan fingerprint density at radius 2 is 1.78 bits per heavy atom. The SMILES string of the molecule is c1cc2c(cc1CNC1CCOCC1)OCCO2. The molecule has 1 N–H and O–H groups in total. The molecule has 4 nitrogen and oxygen atoms in total. The summed E-state index contributed by atoms with van der Waals surface area (Å²) in [6.07, 6.45) is 2.20. The van der Waals surface area contributed by atoms with E-state index < -0.39 is 0 Å². The van der Waals surface area contributed by atoms with E-state index in [2.05, 4.69) is 17.4 Å². The van der Waals surface area contributed by atoms with Crippen LogP contribution in [-0.2, 0) is 11.3 Å². The Kier molecular flexibility index (Phi) is 3.67. The van der Waals surface area contributed by atoms with E-state index in [1.54, 1.807) is 0 Å². The van der Waals surface area contributed by atoms with Crippen LogP contribution in [0.1, 0.15) is 18.4 Å². The molecule has 3 rings (SSSR count). The number of fused-ring (bicyclic) bond motifs is 1. The second-order valence-corrected chi connectivity index (χ2v) is 4.75. The van der Waals surface area contributed by atoms with Crippen molar-refractivity contribution in [2.75, 3.05) is 26.4 Å². The summed E-state index contributed by atoms with van der Waals surface area (Å²) in [4.78, 5) is 0. The minimum absolute atomic E-state index is 0.576. The first kappa shape index (κ1) is 11.8. The van der Waals surface area contributed by atoms with Gasteiger partial charge < -0.3 is 19.5 Å². The maximum absolute atomic E-state index is 5.58. The van der Waals surface area contributed by atoms with Crippen LogP contribution in [0.2, 0.25) is 0 Å². The molecular weight excluding hydrogens is 230 g/mol. The number of hydrogen-bond donors (Lipinski definition) is 1. The second-order valence-electron chi connectivity index (χ2n) is 4.75. The molecule has 0 bridgehead atoms. The lowest BCUT2D eigenvalue weighted by molar-refractivity contribution is 0.0776. The molecule has 1 aromatic rings. The highest BCUT2D eigenvalue weighted by molar-refractivity contribution is 5.43. The van der Waals surface area contributed by atoms with Crippen LogP contribution in [0.5, 0.6) is 11.5 Å². The average Bonchev–Trinajstić information content (AvgIpc) is 2.46. The molecule has 2 heterocycles. The Labute approximate surface area is 107 Å². The molecule has 0 amide bonds. The molecule has 0 aliphatic carbocycles. The Morgan fingerprint density at radius 3 is 2.61 bits per heavy atom. The maximum Gasteiger partial charge on any atom is 0.161 e. The molecule has 0 unspecified atom stereocenters. The van der Waals surface area contributed by atoms with Gasteiger partial charge in [-0.15, -0.1) is 0 Å². The van der Waals surface area contributed by atoms with Crippen molar-refractivity contribution >= 4 is 0 Å². The van der Waals surface area contributed by atoms with E-state index in [0.29, 0.717) is 19.3 Å². The Bertz CT molecular complexity index is 402. The van der Waals surface area contributed by atoms with E-state index in [1.807, 2.05) is 6.07 Å². The van der Waals surface area contributed by atoms with E-state index in [-0.39, 0.29) is 0 Å². The molecule has 18 heavy (non-hydrogen) atoms. The Morgan fingerprint density at radius 1 is 1.00 bits per heavy atom. The first-order valence-electron chi connectivity index (χ1n) is 6.61. The highest BCUT2D eigenvalue weighted by atomic mass is 16.6. The van der Waals surface area contributed by atoms with Crippen molar-refractivity contribution in [2.24, 2.45) is 0 Å². The summed E-state index contributed by atoms with van der Waals surface area (Å²) in [6, 6.07) is 6.74. The molecule has 1 aromatic carbocycles. The molecule has 0 radical (unpaired) electrons. The van der Waals surface area contributed by atoms with Crippen LogP contribution in [0, 0.1) is 0 Å². The van der Waals surface area contributed by atoms with Gasteiger partial charge in [-0.1, -0.05) is 6.07 Å². The normalized spacial score (nSPS) is 19.8. The fourth-order valence-corrected chi connectivity index (χ4v) is 2.36. The second kappa shape index (κ2) is 5.59. The molecule has 1 saturated heterocycles. The van der Waals surface area contributed by atoms with Gasteiger partial charge in [0.05, 0.1) is 0 Å². The Hall–Kier alpha value is -1.26. The zero-order valence-electron chi connectivity index (χ0n) is 10.5. The van der Waals surface area contributed by atoms with Crippen LogP contribution in [0.25, 0.3) is 0 Å². The van der Waals surface area contributed by atoms with Crippen molar-refractivity contribution in [2.45, 2.75) is 25.4 Å². The molecule has 1 fully saturated rings. The summed E-state index contributed by atoms with van der Waals surface area (Å²) in [6.45, 7) is 3.91. The minimum Gasteiger partial charge on any atom is -0.486 e. The van der Waals surface area contributed by atoms with Crippen molar-refractivity contribution in [3.05, 3.63) is 23.8 Å². The van der Waals surface area contributed by atoms with Crippen LogP contribution >= 0.6 is 0 Å². The third-order valence-electron chi connectivity index (χ3n) is 3.42. The van der Waals surface area contributed by atoms with Gasteiger partial charge in [0.2, 0.25) is 0 Å². The molecule has 98 valence electrons. The summed E-state index contributed by atoms with van der Waals surface area (Å²) in [5.74, 6) is 1.73. The molecule has 2 aliphatic rings. The van der Waals surface area contributed by atoms with Gasteiger partial charge in [0, 0.05) is 25.8 Å². The third-order valence-corrected chi connectivity index (χ3v) is 3.42. The van der Waals surface area contributed by atoms with E-state index in [0.717, 1.165) is 44.1 Å². The first-order chi connectivity index (χ1) is 8.92. The first-order valence-corrected chi connectivity index (χ1v) is 6.61. The van der Waals surface area contributed by atoms with E-state index in [9.17, 15) is 0 Å². The molecule has 0 spiro atoms. The van der Waals surface area contributed by atoms with Gasteiger partial charge >= 0.3 is 0 Å². The van der Waals surface area contributed by atoms with Crippen molar-refractivity contribution < 1.29 is 14.2 Å². The number of hydrogen-bond acceptors (Lipinski definition) is 4. The average molecular weight is 249 g/mol. The summed E-state index contributed by atoms with van der Waals surface area (Å²) < 4.78 is 16.4. The zero-order valence-corrected chi connectivity index (χ0v) is 10.5. The number of ether oxygens (including phenoxy) is 3. The lowest BCUT2D eigenvalue weighted by Crippen LogP contribution is -2.34. The highest BCUT2D eigenvalue weighted by Gasteiger charge is 2.14. The van der Waals surface area contributed by atoms with Crippen molar-refractivity contribution in [1.82, 2.24) is 5.32 Å². The van der Waals surface area contributed by atoms with Gasteiger partial charge in [-0.3, -0.25) is 0 Å². The zero-order chi connectivity index (χ0) is 12.2. The molecule has 4 heteroatoms. The fourth-order valence-electron chi connectivity index (χ4n) is 2.36. The lowest BCUT2D eigenvalue weighted by atomic mass is 10.1. The summed E-state index contributed by atoms with van der Waals surface area (Å²) in [7, 11) is 0. The van der Waals surface area contributed by atoms with Gasteiger partial charge in [0.25, 0.3) is 0 Å².